The molecule has 0 heterocycles. The van der Waals surface area contributed by atoms with E-state index in [1.165, 1.54) is 6.07 Å². The molecule has 0 radical (unpaired) electrons. The molecule has 0 bridgehead atoms. The first-order chi connectivity index (χ1) is 7.99. The third-order valence-electron chi connectivity index (χ3n) is 2.49. The molecule has 0 aliphatic rings. The Morgan fingerprint density at radius 2 is 1.94 bits per heavy atom. The summed E-state index contributed by atoms with van der Waals surface area (Å²) in [6, 6.07) is 5.95. The zero-order valence-electron chi connectivity index (χ0n) is 10.6. The van der Waals surface area contributed by atoms with Crippen molar-refractivity contribution in [3.8, 4) is 0 Å². The Hall–Kier alpha value is -0.450. The smallest absolute Gasteiger partial charge is 0.128 e. The molecule has 0 saturated carbocycles. The van der Waals surface area contributed by atoms with Gasteiger partial charge in [0.05, 0.1) is 0 Å². The quantitative estimate of drug-likeness (QED) is 0.844. The molecule has 17 heavy (non-hydrogen) atoms. The van der Waals surface area contributed by atoms with Crippen molar-refractivity contribution in [3.63, 3.8) is 0 Å². The standard InChI is InChI=1S/C13H20BrFN2/c1-9(2)16-7-10(3)17-8-11-4-5-12(14)6-13(11)15/h4-6,9-10,16-17H,7-8H2,1-3H3. The number of hydrogen-bond acceptors (Lipinski definition) is 2. The molecule has 96 valence electrons. The van der Waals surface area contributed by atoms with E-state index < -0.39 is 0 Å². The second-order valence-electron chi connectivity index (χ2n) is 4.58. The number of rotatable bonds is 6. The van der Waals surface area contributed by atoms with E-state index in [0.717, 1.165) is 11.0 Å². The van der Waals surface area contributed by atoms with Crippen LogP contribution >= 0.6 is 15.9 Å². The van der Waals surface area contributed by atoms with Crippen molar-refractivity contribution in [1.29, 1.82) is 0 Å². The van der Waals surface area contributed by atoms with Gasteiger partial charge in [0.15, 0.2) is 0 Å². The lowest BCUT2D eigenvalue weighted by atomic mass is 10.2. The van der Waals surface area contributed by atoms with Gasteiger partial charge >= 0.3 is 0 Å². The predicted molar refractivity (Wildman–Crippen MR) is 73.5 cm³/mol. The molecule has 1 unspecified atom stereocenters. The van der Waals surface area contributed by atoms with Crippen LogP contribution in [0.25, 0.3) is 0 Å². The summed E-state index contributed by atoms with van der Waals surface area (Å²) in [5, 5.41) is 6.64. The van der Waals surface area contributed by atoms with Crippen LogP contribution in [-0.4, -0.2) is 18.6 Å². The minimum Gasteiger partial charge on any atom is -0.313 e. The van der Waals surface area contributed by atoms with Gasteiger partial charge in [-0.2, -0.15) is 0 Å². The third kappa shape index (κ3) is 5.61. The molecule has 0 aromatic heterocycles. The van der Waals surface area contributed by atoms with E-state index in [-0.39, 0.29) is 5.82 Å². The number of hydrogen-bond donors (Lipinski definition) is 2. The summed E-state index contributed by atoms with van der Waals surface area (Å²) in [7, 11) is 0. The fraction of sp³-hybridized carbons (Fsp3) is 0.538. The van der Waals surface area contributed by atoms with Gasteiger partial charge in [-0.3, -0.25) is 0 Å². The number of nitrogens with one attached hydrogen (secondary N) is 2. The Morgan fingerprint density at radius 1 is 1.24 bits per heavy atom. The number of benzene rings is 1. The van der Waals surface area contributed by atoms with E-state index in [1.54, 1.807) is 6.07 Å². The molecule has 1 aromatic rings. The molecule has 0 aliphatic carbocycles. The summed E-state index contributed by atoms with van der Waals surface area (Å²) < 4.78 is 14.3. The molecule has 0 aliphatic heterocycles. The van der Waals surface area contributed by atoms with Crippen molar-refractivity contribution in [3.05, 3.63) is 34.1 Å². The number of halogens is 2. The first kappa shape index (κ1) is 14.6. The zero-order chi connectivity index (χ0) is 12.8. The average Bonchev–Trinajstić information content (AvgIpc) is 2.25. The highest BCUT2D eigenvalue weighted by Crippen LogP contribution is 2.15. The Labute approximate surface area is 111 Å². The summed E-state index contributed by atoms with van der Waals surface area (Å²) in [6.07, 6.45) is 0. The maximum atomic E-state index is 13.5. The van der Waals surface area contributed by atoms with Crippen LogP contribution in [0.15, 0.2) is 22.7 Å². The van der Waals surface area contributed by atoms with E-state index >= 15 is 0 Å². The highest BCUT2D eigenvalue weighted by molar-refractivity contribution is 9.10. The van der Waals surface area contributed by atoms with Crippen molar-refractivity contribution < 1.29 is 4.39 Å². The largest absolute Gasteiger partial charge is 0.313 e. The Morgan fingerprint density at radius 3 is 2.53 bits per heavy atom. The molecule has 1 rings (SSSR count). The van der Waals surface area contributed by atoms with Crippen molar-refractivity contribution >= 4 is 15.9 Å². The molecular weight excluding hydrogens is 283 g/mol. The van der Waals surface area contributed by atoms with Crippen LogP contribution < -0.4 is 10.6 Å². The van der Waals surface area contributed by atoms with Gasteiger partial charge in [-0.25, -0.2) is 4.39 Å². The predicted octanol–water partition coefficient (Wildman–Crippen LogP) is 3.06. The highest BCUT2D eigenvalue weighted by atomic mass is 79.9. The van der Waals surface area contributed by atoms with Crippen molar-refractivity contribution in [2.45, 2.75) is 39.4 Å². The first-order valence-electron chi connectivity index (χ1n) is 5.89. The summed E-state index contributed by atoms with van der Waals surface area (Å²) in [5.41, 5.74) is 0.699. The van der Waals surface area contributed by atoms with Crippen LogP contribution in [0, 0.1) is 5.82 Å². The fourth-order valence-electron chi connectivity index (χ4n) is 1.43. The maximum absolute atomic E-state index is 13.5. The SMILES string of the molecule is CC(C)NCC(C)NCc1ccc(Br)cc1F. The van der Waals surface area contributed by atoms with Crippen LogP contribution in [0.2, 0.25) is 0 Å². The van der Waals surface area contributed by atoms with Crippen LogP contribution in [0.4, 0.5) is 4.39 Å². The normalized spacial score (nSPS) is 13.1. The molecule has 0 fully saturated rings. The molecule has 2 N–H and O–H groups in total. The average molecular weight is 303 g/mol. The molecule has 2 nitrogen and oxygen atoms in total. The van der Waals surface area contributed by atoms with Gasteiger partial charge in [0.1, 0.15) is 5.82 Å². The van der Waals surface area contributed by atoms with Crippen molar-refractivity contribution in [2.75, 3.05) is 6.54 Å². The Kier molecular flexibility index (Phi) is 6.09. The van der Waals surface area contributed by atoms with Crippen molar-refractivity contribution in [2.24, 2.45) is 0 Å². The van der Waals surface area contributed by atoms with E-state index in [2.05, 4.69) is 47.3 Å². The minimum absolute atomic E-state index is 0.170. The minimum atomic E-state index is -0.170. The molecule has 0 amide bonds. The summed E-state index contributed by atoms with van der Waals surface area (Å²) in [5.74, 6) is -0.170. The van der Waals surface area contributed by atoms with E-state index in [4.69, 9.17) is 0 Å². The third-order valence-corrected chi connectivity index (χ3v) is 2.98. The summed E-state index contributed by atoms with van der Waals surface area (Å²) >= 11 is 3.25. The van der Waals surface area contributed by atoms with Crippen LogP contribution in [0.3, 0.4) is 0 Å². The zero-order valence-corrected chi connectivity index (χ0v) is 12.1. The lowest BCUT2D eigenvalue weighted by molar-refractivity contribution is 0.468. The Bertz CT molecular complexity index is 355. The molecular formula is C13H20BrFN2. The van der Waals surface area contributed by atoms with E-state index in [0.29, 0.717) is 24.2 Å². The highest BCUT2D eigenvalue weighted by Gasteiger charge is 2.05. The van der Waals surface area contributed by atoms with Crippen LogP contribution in [0.5, 0.6) is 0 Å². The fourth-order valence-corrected chi connectivity index (χ4v) is 1.77. The van der Waals surface area contributed by atoms with Gasteiger partial charge in [-0.1, -0.05) is 35.8 Å². The van der Waals surface area contributed by atoms with Gasteiger partial charge in [0, 0.05) is 35.2 Å². The first-order valence-corrected chi connectivity index (χ1v) is 6.69. The molecule has 1 aromatic carbocycles. The van der Waals surface area contributed by atoms with Gasteiger partial charge in [-0.15, -0.1) is 0 Å². The maximum Gasteiger partial charge on any atom is 0.128 e. The van der Waals surface area contributed by atoms with Gasteiger partial charge < -0.3 is 10.6 Å². The van der Waals surface area contributed by atoms with E-state index in [9.17, 15) is 4.39 Å². The Balaban J connectivity index is 2.39. The summed E-state index contributed by atoms with van der Waals surface area (Å²) in [6.45, 7) is 7.75. The van der Waals surface area contributed by atoms with Crippen molar-refractivity contribution in [1.82, 2.24) is 10.6 Å². The van der Waals surface area contributed by atoms with Gasteiger partial charge in [0.2, 0.25) is 0 Å². The van der Waals surface area contributed by atoms with Crippen LogP contribution in [0.1, 0.15) is 26.3 Å². The second-order valence-corrected chi connectivity index (χ2v) is 5.50. The second kappa shape index (κ2) is 7.09. The lowest BCUT2D eigenvalue weighted by Crippen LogP contribution is -2.38. The molecule has 4 heteroatoms. The summed E-state index contributed by atoms with van der Waals surface area (Å²) in [4.78, 5) is 0. The molecule has 0 spiro atoms. The van der Waals surface area contributed by atoms with E-state index in [1.807, 2.05) is 6.07 Å². The monoisotopic (exact) mass is 302 g/mol. The lowest BCUT2D eigenvalue weighted by Gasteiger charge is -2.16. The topological polar surface area (TPSA) is 24.1 Å². The van der Waals surface area contributed by atoms with Gasteiger partial charge in [0.25, 0.3) is 0 Å². The van der Waals surface area contributed by atoms with Gasteiger partial charge in [-0.05, 0) is 19.1 Å². The van der Waals surface area contributed by atoms with Crippen LogP contribution in [-0.2, 0) is 6.54 Å². The molecule has 0 saturated heterocycles. The molecule has 1 atom stereocenters.